The van der Waals surface area contributed by atoms with Crippen molar-refractivity contribution < 1.29 is 0 Å². The van der Waals surface area contributed by atoms with Crippen molar-refractivity contribution in [2.45, 2.75) is 54.4 Å². The lowest BCUT2D eigenvalue weighted by Crippen LogP contribution is -2.10. The van der Waals surface area contributed by atoms with E-state index in [-0.39, 0.29) is 0 Å². The Balaban J connectivity index is 3.36. The molecule has 0 atom stereocenters. The molecule has 0 fully saturated rings. The summed E-state index contributed by atoms with van der Waals surface area (Å²) in [4.78, 5) is 4.59. The van der Waals surface area contributed by atoms with Gasteiger partial charge in [0.05, 0.1) is 0 Å². The molecule has 1 heteroatoms. The SMILES string of the molecule is C=CN=C(Cc1cc(C)ccc1CC)/C(C)=C(C)/C(=C\C)C(=C)C. The van der Waals surface area contributed by atoms with E-state index in [9.17, 15) is 0 Å². The van der Waals surface area contributed by atoms with Gasteiger partial charge in [-0.3, -0.25) is 4.99 Å². The van der Waals surface area contributed by atoms with Crippen molar-refractivity contribution in [1.82, 2.24) is 0 Å². The van der Waals surface area contributed by atoms with Crippen LogP contribution in [-0.4, -0.2) is 5.71 Å². The van der Waals surface area contributed by atoms with Crippen molar-refractivity contribution in [3.63, 3.8) is 0 Å². The van der Waals surface area contributed by atoms with E-state index in [2.05, 4.69) is 77.0 Å². The van der Waals surface area contributed by atoms with Crippen LogP contribution in [0.3, 0.4) is 0 Å². The topological polar surface area (TPSA) is 12.4 Å². The largest absolute Gasteiger partial charge is 0.261 e. The number of rotatable bonds is 7. The average Bonchev–Trinajstić information content (AvgIpc) is 2.54. The van der Waals surface area contributed by atoms with E-state index in [4.69, 9.17) is 0 Å². The molecule has 1 rings (SSSR count). The van der Waals surface area contributed by atoms with Crippen LogP contribution in [0.2, 0.25) is 0 Å². The predicted octanol–water partition coefficient (Wildman–Crippen LogP) is 6.54. The summed E-state index contributed by atoms with van der Waals surface area (Å²) in [5.41, 5.74) is 9.81. The lowest BCUT2D eigenvalue weighted by Gasteiger charge is -2.16. The third-order valence-corrected chi connectivity index (χ3v) is 4.50. The smallest absolute Gasteiger partial charge is 0.0479 e. The van der Waals surface area contributed by atoms with Crippen LogP contribution in [-0.2, 0) is 12.8 Å². The first-order chi connectivity index (χ1) is 11.3. The molecule has 0 saturated heterocycles. The Hall–Kier alpha value is -2.15. The van der Waals surface area contributed by atoms with Gasteiger partial charge in [0.15, 0.2) is 0 Å². The van der Waals surface area contributed by atoms with E-state index in [1.165, 1.54) is 33.4 Å². The highest BCUT2D eigenvalue weighted by Gasteiger charge is 2.12. The molecule has 128 valence electrons. The van der Waals surface area contributed by atoms with Gasteiger partial charge < -0.3 is 0 Å². The van der Waals surface area contributed by atoms with Crippen LogP contribution in [0.25, 0.3) is 0 Å². The first-order valence-electron chi connectivity index (χ1n) is 8.62. The van der Waals surface area contributed by atoms with Gasteiger partial charge in [0.1, 0.15) is 0 Å². The molecular formula is C23H31N. The number of allylic oxidation sites excluding steroid dienone is 5. The van der Waals surface area contributed by atoms with Crippen LogP contribution >= 0.6 is 0 Å². The summed E-state index contributed by atoms with van der Waals surface area (Å²) in [6.07, 6.45) is 5.62. The van der Waals surface area contributed by atoms with Gasteiger partial charge in [-0.25, -0.2) is 0 Å². The zero-order chi connectivity index (χ0) is 18.3. The van der Waals surface area contributed by atoms with Crippen LogP contribution in [0.15, 0.2) is 70.9 Å². The van der Waals surface area contributed by atoms with Gasteiger partial charge in [0.2, 0.25) is 0 Å². The van der Waals surface area contributed by atoms with Crippen LogP contribution < -0.4 is 0 Å². The fourth-order valence-electron chi connectivity index (χ4n) is 3.03. The average molecular weight is 322 g/mol. The Morgan fingerprint density at radius 3 is 2.29 bits per heavy atom. The second kappa shape index (κ2) is 9.22. The summed E-state index contributed by atoms with van der Waals surface area (Å²) in [6, 6.07) is 6.68. The van der Waals surface area contributed by atoms with E-state index in [0.29, 0.717) is 0 Å². The van der Waals surface area contributed by atoms with Gasteiger partial charge in [-0.15, -0.1) is 0 Å². The minimum absolute atomic E-state index is 0.827. The third kappa shape index (κ3) is 4.92. The Bertz CT molecular complexity index is 712. The molecule has 0 unspecified atom stereocenters. The van der Waals surface area contributed by atoms with Crippen LogP contribution in [0, 0.1) is 6.92 Å². The Kier molecular flexibility index (Phi) is 7.64. The zero-order valence-corrected chi connectivity index (χ0v) is 16.2. The van der Waals surface area contributed by atoms with E-state index in [1.54, 1.807) is 6.20 Å². The molecule has 1 nitrogen and oxygen atoms in total. The standard InChI is InChI=1S/C23H31N/c1-9-20-13-12-17(6)14-21(20)15-23(24-11-3)19(8)18(7)22(10-2)16(4)5/h10-14H,3-4,9,15H2,1-2,5-8H3/b19-18+,22-10-,24-23?. The van der Waals surface area contributed by atoms with Gasteiger partial charge >= 0.3 is 0 Å². The Morgan fingerprint density at radius 2 is 1.79 bits per heavy atom. The van der Waals surface area contributed by atoms with Crippen molar-refractivity contribution in [2.24, 2.45) is 4.99 Å². The minimum atomic E-state index is 0.827. The van der Waals surface area contributed by atoms with Crippen molar-refractivity contribution in [3.05, 3.63) is 82.6 Å². The van der Waals surface area contributed by atoms with Gasteiger partial charge in [0, 0.05) is 18.3 Å². The second-order valence-electron chi connectivity index (χ2n) is 6.29. The minimum Gasteiger partial charge on any atom is -0.261 e. The highest BCUT2D eigenvalue weighted by atomic mass is 14.7. The lowest BCUT2D eigenvalue weighted by atomic mass is 9.90. The van der Waals surface area contributed by atoms with Gasteiger partial charge in [0.25, 0.3) is 0 Å². The number of benzene rings is 1. The van der Waals surface area contributed by atoms with Crippen molar-refractivity contribution in [1.29, 1.82) is 0 Å². The highest BCUT2D eigenvalue weighted by molar-refractivity contribution is 6.02. The number of aryl methyl sites for hydroxylation is 2. The first kappa shape index (κ1) is 19.9. The number of nitrogens with zero attached hydrogens (tertiary/aromatic N) is 1. The van der Waals surface area contributed by atoms with E-state index in [0.717, 1.165) is 24.1 Å². The quantitative estimate of drug-likeness (QED) is 0.399. The summed E-state index contributed by atoms with van der Waals surface area (Å²) < 4.78 is 0. The summed E-state index contributed by atoms with van der Waals surface area (Å²) >= 11 is 0. The third-order valence-electron chi connectivity index (χ3n) is 4.50. The molecule has 0 radical (unpaired) electrons. The number of hydrogen-bond donors (Lipinski definition) is 0. The molecule has 0 spiro atoms. The molecule has 0 aliphatic heterocycles. The molecule has 0 N–H and O–H groups in total. The normalized spacial score (nSPS) is 13.6. The van der Waals surface area contributed by atoms with Crippen LogP contribution in [0.5, 0.6) is 0 Å². The monoisotopic (exact) mass is 321 g/mol. The maximum atomic E-state index is 4.59. The molecule has 0 heterocycles. The Morgan fingerprint density at radius 1 is 1.12 bits per heavy atom. The van der Waals surface area contributed by atoms with Crippen molar-refractivity contribution in [3.8, 4) is 0 Å². The molecule has 0 bridgehead atoms. The molecule has 0 aliphatic rings. The van der Waals surface area contributed by atoms with E-state index in [1.807, 2.05) is 6.92 Å². The van der Waals surface area contributed by atoms with E-state index < -0.39 is 0 Å². The predicted molar refractivity (Wildman–Crippen MR) is 109 cm³/mol. The van der Waals surface area contributed by atoms with Gasteiger partial charge in [-0.1, -0.05) is 55.5 Å². The highest BCUT2D eigenvalue weighted by Crippen LogP contribution is 2.23. The zero-order valence-electron chi connectivity index (χ0n) is 16.2. The van der Waals surface area contributed by atoms with Gasteiger partial charge in [-0.2, -0.15) is 0 Å². The summed E-state index contributed by atoms with van der Waals surface area (Å²) in [7, 11) is 0. The number of hydrogen-bond acceptors (Lipinski definition) is 1. The lowest BCUT2D eigenvalue weighted by molar-refractivity contribution is 1.08. The fraction of sp³-hybridized carbons (Fsp3) is 0.348. The molecule has 24 heavy (non-hydrogen) atoms. The maximum Gasteiger partial charge on any atom is 0.0479 e. The molecule has 0 aliphatic carbocycles. The summed E-state index contributed by atoms with van der Waals surface area (Å²) in [5.74, 6) is 0. The second-order valence-corrected chi connectivity index (χ2v) is 6.29. The molecule has 1 aromatic rings. The fourth-order valence-corrected chi connectivity index (χ4v) is 3.03. The van der Waals surface area contributed by atoms with Crippen LogP contribution in [0.1, 0.15) is 51.3 Å². The molecule has 0 saturated carbocycles. The molecular weight excluding hydrogens is 290 g/mol. The summed E-state index contributed by atoms with van der Waals surface area (Å²) in [5, 5.41) is 0. The maximum absolute atomic E-state index is 4.59. The van der Waals surface area contributed by atoms with E-state index >= 15 is 0 Å². The van der Waals surface area contributed by atoms with Crippen molar-refractivity contribution in [2.75, 3.05) is 0 Å². The van der Waals surface area contributed by atoms with Crippen LogP contribution in [0.4, 0.5) is 0 Å². The summed E-state index contributed by atoms with van der Waals surface area (Å²) in [6.45, 7) is 20.6. The molecule has 0 amide bonds. The molecule has 1 aromatic carbocycles. The Labute approximate surface area is 148 Å². The van der Waals surface area contributed by atoms with Crippen molar-refractivity contribution >= 4 is 5.71 Å². The number of aliphatic imine (C=N–C) groups is 1. The molecule has 0 aromatic heterocycles. The van der Waals surface area contributed by atoms with Gasteiger partial charge in [-0.05, 0) is 68.9 Å². The first-order valence-corrected chi connectivity index (χ1v) is 8.62.